The number of carbonyl (C=O) groups is 1. The van der Waals surface area contributed by atoms with Crippen molar-refractivity contribution >= 4 is 21.8 Å². The molecule has 2 aliphatic heterocycles. The van der Waals surface area contributed by atoms with Gasteiger partial charge in [0.05, 0.1) is 5.56 Å². The molecule has 2 bridgehead atoms. The number of piperidine rings is 1. The van der Waals surface area contributed by atoms with Crippen LogP contribution in [0.4, 0.5) is 0 Å². The van der Waals surface area contributed by atoms with Crippen molar-refractivity contribution in [2.24, 2.45) is 5.92 Å². The molecule has 2 aliphatic rings. The number of likely N-dealkylation sites (tertiary alicyclic amines) is 1. The van der Waals surface area contributed by atoms with Crippen LogP contribution in [0.3, 0.4) is 0 Å². The number of carbonyl (C=O) groups excluding carboxylic acids is 1. The zero-order valence-electron chi connectivity index (χ0n) is 12.8. The van der Waals surface area contributed by atoms with Gasteiger partial charge in [-0.25, -0.2) is 4.79 Å². The van der Waals surface area contributed by atoms with Crippen LogP contribution in [0, 0.1) is 5.92 Å². The molecule has 124 valence electrons. The summed E-state index contributed by atoms with van der Waals surface area (Å²) in [7, 11) is 0. The van der Waals surface area contributed by atoms with Crippen LogP contribution < -0.4 is 11.2 Å². The van der Waals surface area contributed by atoms with E-state index < -0.39 is 5.63 Å². The molecule has 0 radical (unpaired) electrons. The number of amides is 1. The number of halogens is 1. The summed E-state index contributed by atoms with van der Waals surface area (Å²) in [5.41, 5.74) is 0.870. The molecule has 24 heavy (non-hydrogen) atoms. The van der Waals surface area contributed by atoms with Crippen molar-refractivity contribution in [3.8, 4) is 0 Å². The Balaban J connectivity index is 1.64. The molecule has 6 nitrogen and oxygen atoms in total. The smallest absolute Gasteiger partial charge is 0.350 e. The fourth-order valence-corrected chi connectivity index (χ4v) is 4.10. The maximum atomic E-state index is 12.7. The second-order valence-corrected chi connectivity index (χ2v) is 7.23. The summed E-state index contributed by atoms with van der Waals surface area (Å²) < 4.78 is 6.94. The second kappa shape index (κ2) is 5.73. The van der Waals surface area contributed by atoms with Crippen LogP contribution in [0.5, 0.6) is 0 Å². The molecule has 4 rings (SSSR count). The monoisotopic (exact) mass is 390 g/mol. The van der Waals surface area contributed by atoms with Gasteiger partial charge in [0.1, 0.15) is 10.7 Å². The number of fused-ring (bicyclic) bond motifs is 4. The highest BCUT2D eigenvalue weighted by atomic mass is 79.9. The first-order valence-electron chi connectivity index (χ1n) is 7.80. The average molecular weight is 391 g/mol. The van der Waals surface area contributed by atoms with Crippen LogP contribution in [-0.4, -0.2) is 28.5 Å². The number of hydrogen-bond acceptors (Lipinski definition) is 4. The third-order valence-corrected chi connectivity index (χ3v) is 5.34. The van der Waals surface area contributed by atoms with E-state index in [1.165, 1.54) is 12.3 Å². The third kappa shape index (κ3) is 2.53. The van der Waals surface area contributed by atoms with Crippen LogP contribution >= 0.6 is 15.9 Å². The van der Waals surface area contributed by atoms with Gasteiger partial charge in [0.15, 0.2) is 0 Å². The molecule has 4 heterocycles. The van der Waals surface area contributed by atoms with Gasteiger partial charge in [-0.15, -0.1) is 0 Å². The topological polar surface area (TPSA) is 72.5 Å². The van der Waals surface area contributed by atoms with Crippen molar-refractivity contribution in [2.45, 2.75) is 18.9 Å². The fraction of sp³-hybridized carbons (Fsp3) is 0.353. The van der Waals surface area contributed by atoms with Gasteiger partial charge in [-0.3, -0.25) is 9.59 Å². The molecule has 7 heteroatoms. The fourth-order valence-electron chi connectivity index (χ4n) is 3.76. The van der Waals surface area contributed by atoms with E-state index >= 15 is 0 Å². The van der Waals surface area contributed by atoms with Gasteiger partial charge in [0, 0.05) is 37.3 Å². The zero-order chi connectivity index (χ0) is 16.8. The van der Waals surface area contributed by atoms with Gasteiger partial charge in [-0.1, -0.05) is 6.07 Å². The summed E-state index contributed by atoms with van der Waals surface area (Å²) in [6.07, 6.45) is 2.19. The lowest BCUT2D eigenvalue weighted by Gasteiger charge is -2.42. The lowest BCUT2D eigenvalue weighted by molar-refractivity contribution is 0.0592. The van der Waals surface area contributed by atoms with E-state index in [0.29, 0.717) is 25.2 Å². The summed E-state index contributed by atoms with van der Waals surface area (Å²) in [6, 6.07) is 6.82. The first-order chi connectivity index (χ1) is 11.5. The first-order valence-corrected chi connectivity index (χ1v) is 8.59. The molecule has 0 N–H and O–H groups in total. The van der Waals surface area contributed by atoms with Crippen molar-refractivity contribution < 1.29 is 9.21 Å². The van der Waals surface area contributed by atoms with Crippen LogP contribution in [0.25, 0.3) is 0 Å². The summed E-state index contributed by atoms with van der Waals surface area (Å²) in [5.74, 6) is 0.273. The van der Waals surface area contributed by atoms with Gasteiger partial charge in [-0.2, -0.15) is 0 Å². The van der Waals surface area contributed by atoms with Gasteiger partial charge in [0.2, 0.25) is 0 Å². The molecule has 1 amide bonds. The minimum atomic E-state index is -0.504. The number of hydrogen-bond donors (Lipinski definition) is 0. The molecule has 1 saturated heterocycles. The predicted molar refractivity (Wildman–Crippen MR) is 90.1 cm³/mol. The van der Waals surface area contributed by atoms with E-state index in [1.807, 2.05) is 10.6 Å². The molecule has 2 aromatic rings. The highest BCUT2D eigenvalue weighted by molar-refractivity contribution is 9.10. The Morgan fingerprint density at radius 1 is 1.21 bits per heavy atom. The van der Waals surface area contributed by atoms with Crippen LogP contribution in [-0.2, 0) is 6.54 Å². The molecule has 0 spiro atoms. The number of rotatable bonds is 1. The molecular formula is C17H15BrN2O4. The van der Waals surface area contributed by atoms with Gasteiger partial charge < -0.3 is 13.9 Å². The van der Waals surface area contributed by atoms with Crippen LogP contribution in [0.2, 0.25) is 0 Å². The second-order valence-electron chi connectivity index (χ2n) is 6.38. The van der Waals surface area contributed by atoms with Crippen LogP contribution in [0.1, 0.15) is 28.4 Å². The number of aromatic nitrogens is 1. The maximum Gasteiger partial charge on any atom is 0.350 e. The Morgan fingerprint density at radius 3 is 2.83 bits per heavy atom. The molecule has 1 fully saturated rings. The summed E-state index contributed by atoms with van der Waals surface area (Å²) >= 11 is 3.10. The van der Waals surface area contributed by atoms with E-state index in [-0.39, 0.29) is 27.8 Å². The van der Waals surface area contributed by atoms with Crippen LogP contribution in [0.15, 0.2) is 49.0 Å². The quantitative estimate of drug-likeness (QED) is 0.744. The van der Waals surface area contributed by atoms with E-state index in [0.717, 1.165) is 12.1 Å². The molecule has 2 aromatic heterocycles. The summed E-state index contributed by atoms with van der Waals surface area (Å²) in [6.45, 7) is 1.81. The molecule has 0 saturated carbocycles. The Bertz CT molecular complexity index is 933. The van der Waals surface area contributed by atoms with Gasteiger partial charge >= 0.3 is 5.63 Å². The van der Waals surface area contributed by atoms with Crippen molar-refractivity contribution in [3.63, 3.8) is 0 Å². The minimum absolute atomic E-state index is 0.0238. The van der Waals surface area contributed by atoms with Gasteiger partial charge in [-0.05, 0) is 40.4 Å². The molecular weight excluding hydrogens is 376 g/mol. The Labute approximate surface area is 145 Å². The van der Waals surface area contributed by atoms with E-state index in [9.17, 15) is 14.4 Å². The largest absolute Gasteiger partial charge is 0.430 e. The average Bonchev–Trinajstić information content (AvgIpc) is 2.57. The van der Waals surface area contributed by atoms with Crippen molar-refractivity contribution in [3.05, 3.63) is 67.0 Å². The normalized spacial score (nSPS) is 22.1. The van der Waals surface area contributed by atoms with Crippen molar-refractivity contribution in [1.82, 2.24) is 9.47 Å². The van der Waals surface area contributed by atoms with E-state index in [2.05, 4.69) is 15.9 Å². The van der Waals surface area contributed by atoms with Crippen molar-refractivity contribution in [1.29, 1.82) is 0 Å². The summed E-state index contributed by atoms with van der Waals surface area (Å²) in [5, 5.41) is 0. The lowest BCUT2D eigenvalue weighted by Crippen LogP contribution is -2.49. The molecule has 0 aromatic carbocycles. The van der Waals surface area contributed by atoms with Crippen molar-refractivity contribution in [2.75, 3.05) is 13.1 Å². The lowest BCUT2D eigenvalue weighted by atomic mass is 9.83. The Hall–Kier alpha value is -2.15. The van der Waals surface area contributed by atoms with E-state index in [1.54, 1.807) is 17.0 Å². The highest BCUT2D eigenvalue weighted by Gasteiger charge is 2.36. The maximum absolute atomic E-state index is 12.7. The van der Waals surface area contributed by atoms with Gasteiger partial charge in [0.25, 0.3) is 11.5 Å². The molecule has 0 aliphatic carbocycles. The SMILES string of the molecule is O=C(c1coc(=O)c(Br)c1)N1C[C@H]2C[C@@H](C1)c1cccc(=O)n1C2. The molecule has 2 atom stereocenters. The standard InChI is InChI=1S/C17H15BrN2O4/c18-13-5-12(9-24-17(13)23)16(22)19-6-10-4-11(8-19)14-2-1-3-15(21)20(14)7-10/h1-3,5,9-11H,4,6-8H2/t10-,11+/m1/s1. The molecule has 0 unspecified atom stereocenters. The zero-order valence-corrected chi connectivity index (χ0v) is 14.4. The highest BCUT2D eigenvalue weighted by Crippen LogP contribution is 2.35. The summed E-state index contributed by atoms with van der Waals surface area (Å²) in [4.78, 5) is 37.9. The Morgan fingerprint density at radius 2 is 2.04 bits per heavy atom. The predicted octanol–water partition coefficient (Wildman–Crippen LogP) is 1.82. The number of pyridine rings is 1. The first kappa shape index (κ1) is 15.4. The number of nitrogens with zero attached hydrogens (tertiary/aromatic N) is 2. The Kier molecular flexibility index (Phi) is 3.68. The minimum Gasteiger partial charge on any atom is -0.430 e. The third-order valence-electron chi connectivity index (χ3n) is 4.78. The van der Waals surface area contributed by atoms with E-state index in [4.69, 9.17) is 4.42 Å².